The zero-order valence-corrected chi connectivity index (χ0v) is 7.74. The quantitative estimate of drug-likeness (QED) is 0.700. The number of aliphatic hydroxyl groups excluding tert-OH is 1. The predicted molar refractivity (Wildman–Crippen MR) is 52.0 cm³/mol. The highest BCUT2D eigenvalue weighted by atomic mass is 16.3. The van der Waals surface area contributed by atoms with Crippen LogP contribution in [0.4, 0.5) is 0 Å². The molecule has 72 valence electrons. The molecule has 0 aliphatic rings. The first-order valence-electron chi connectivity index (χ1n) is 4.31. The third-order valence-electron chi connectivity index (χ3n) is 2.06. The third-order valence-corrected chi connectivity index (χ3v) is 2.06. The van der Waals surface area contributed by atoms with E-state index in [0.29, 0.717) is 11.3 Å². The second-order valence-electron chi connectivity index (χ2n) is 3.15. The average Bonchev–Trinajstić information content (AvgIpc) is 2.59. The lowest BCUT2D eigenvalue weighted by atomic mass is 10.2. The molecular formula is C10H10N2O2. The van der Waals surface area contributed by atoms with Crippen molar-refractivity contribution < 1.29 is 9.90 Å². The van der Waals surface area contributed by atoms with Gasteiger partial charge in [-0.05, 0) is 17.7 Å². The zero-order chi connectivity index (χ0) is 10.1. The van der Waals surface area contributed by atoms with Crippen LogP contribution in [0.3, 0.4) is 0 Å². The van der Waals surface area contributed by atoms with Gasteiger partial charge in [-0.15, -0.1) is 0 Å². The fourth-order valence-corrected chi connectivity index (χ4v) is 1.32. The number of fused-ring (bicyclic) bond motifs is 1. The van der Waals surface area contributed by atoms with E-state index < -0.39 is 0 Å². The van der Waals surface area contributed by atoms with E-state index >= 15 is 0 Å². The van der Waals surface area contributed by atoms with Crippen molar-refractivity contribution in [2.75, 3.05) is 0 Å². The molecule has 4 nitrogen and oxygen atoms in total. The summed E-state index contributed by atoms with van der Waals surface area (Å²) in [4.78, 5) is 18.0. The van der Waals surface area contributed by atoms with Crippen LogP contribution < -0.4 is 0 Å². The molecule has 0 radical (unpaired) electrons. The lowest BCUT2D eigenvalue weighted by Gasteiger charge is -1.93. The van der Waals surface area contributed by atoms with Gasteiger partial charge in [-0.25, -0.2) is 4.98 Å². The third kappa shape index (κ3) is 1.40. The van der Waals surface area contributed by atoms with Crippen molar-refractivity contribution >= 4 is 16.8 Å². The van der Waals surface area contributed by atoms with E-state index in [1.54, 1.807) is 18.2 Å². The zero-order valence-electron chi connectivity index (χ0n) is 7.74. The molecule has 0 atom stereocenters. The maximum Gasteiger partial charge on any atom is 0.195 e. The number of hydrogen-bond acceptors (Lipinski definition) is 3. The molecule has 0 aliphatic heterocycles. The number of carbonyl (C=O) groups is 1. The van der Waals surface area contributed by atoms with Crippen molar-refractivity contribution in [2.24, 2.45) is 0 Å². The number of Topliss-reactive ketones (excluding diaryl/α,β-unsaturated/α-hetero) is 1. The molecular weight excluding hydrogens is 180 g/mol. The standard InChI is InChI=1S/C10H10N2O2/c1-6(14)10-11-8-3-2-7(5-13)4-9(8)12-10/h2-4,13H,5H2,1H3,(H,11,12). The molecule has 1 heterocycles. The number of rotatable bonds is 2. The van der Waals surface area contributed by atoms with Crippen LogP contribution in [0.15, 0.2) is 18.2 Å². The van der Waals surface area contributed by atoms with Gasteiger partial charge in [0.05, 0.1) is 17.6 Å². The average molecular weight is 190 g/mol. The van der Waals surface area contributed by atoms with Crippen molar-refractivity contribution in [3.8, 4) is 0 Å². The number of carbonyl (C=O) groups excluding carboxylic acids is 1. The number of imidazole rings is 1. The highest BCUT2D eigenvalue weighted by molar-refractivity contribution is 5.94. The number of nitrogens with zero attached hydrogens (tertiary/aromatic N) is 1. The van der Waals surface area contributed by atoms with Crippen molar-refractivity contribution in [3.63, 3.8) is 0 Å². The van der Waals surface area contributed by atoms with Gasteiger partial charge in [-0.3, -0.25) is 4.79 Å². The smallest absolute Gasteiger partial charge is 0.195 e. The Morgan fingerprint density at radius 1 is 1.57 bits per heavy atom. The fourth-order valence-electron chi connectivity index (χ4n) is 1.32. The summed E-state index contributed by atoms with van der Waals surface area (Å²) in [7, 11) is 0. The first-order chi connectivity index (χ1) is 6.70. The molecule has 2 rings (SSSR count). The van der Waals surface area contributed by atoms with Crippen LogP contribution in [0.25, 0.3) is 11.0 Å². The van der Waals surface area contributed by atoms with E-state index in [1.165, 1.54) is 6.92 Å². The monoisotopic (exact) mass is 190 g/mol. The highest BCUT2D eigenvalue weighted by Crippen LogP contribution is 2.13. The fraction of sp³-hybridized carbons (Fsp3) is 0.200. The number of H-pyrrole nitrogens is 1. The number of nitrogens with one attached hydrogen (secondary N) is 1. The predicted octanol–water partition coefficient (Wildman–Crippen LogP) is 1.26. The van der Waals surface area contributed by atoms with Crippen LogP contribution in [0, 0.1) is 0 Å². The van der Waals surface area contributed by atoms with Crippen LogP contribution in [-0.4, -0.2) is 20.9 Å². The second-order valence-corrected chi connectivity index (χ2v) is 3.15. The Hall–Kier alpha value is -1.68. The maximum atomic E-state index is 11.0. The molecule has 0 saturated carbocycles. The number of aromatic amines is 1. The summed E-state index contributed by atoms with van der Waals surface area (Å²) in [5, 5.41) is 8.91. The molecule has 0 fully saturated rings. The van der Waals surface area contributed by atoms with Gasteiger partial charge in [0.25, 0.3) is 0 Å². The molecule has 0 amide bonds. The van der Waals surface area contributed by atoms with Crippen molar-refractivity contribution in [3.05, 3.63) is 29.6 Å². The first kappa shape index (κ1) is 8.90. The van der Waals surface area contributed by atoms with Gasteiger partial charge >= 0.3 is 0 Å². The summed E-state index contributed by atoms with van der Waals surface area (Å²) in [6.45, 7) is 1.45. The molecule has 0 saturated heterocycles. The summed E-state index contributed by atoms with van der Waals surface area (Å²) < 4.78 is 0. The second kappa shape index (κ2) is 3.23. The van der Waals surface area contributed by atoms with E-state index in [2.05, 4.69) is 9.97 Å². The number of benzene rings is 1. The number of aromatic nitrogens is 2. The summed E-state index contributed by atoms with van der Waals surface area (Å²) in [5.74, 6) is 0.266. The van der Waals surface area contributed by atoms with Gasteiger partial charge in [-0.1, -0.05) is 6.07 Å². The van der Waals surface area contributed by atoms with Gasteiger partial charge in [0, 0.05) is 6.92 Å². The highest BCUT2D eigenvalue weighted by Gasteiger charge is 2.06. The van der Waals surface area contributed by atoms with Crippen LogP contribution in [0.2, 0.25) is 0 Å². The Labute approximate surface area is 80.6 Å². The van der Waals surface area contributed by atoms with E-state index in [1.807, 2.05) is 0 Å². The first-order valence-corrected chi connectivity index (χ1v) is 4.31. The van der Waals surface area contributed by atoms with E-state index in [-0.39, 0.29) is 12.4 Å². The van der Waals surface area contributed by atoms with Crippen LogP contribution in [0.1, 0.15) is 23.1 Å². The summed E-state index contributed by atoms with van der Waals surface area (Å²) in [5.41, 5.74) is 2.31. The molecule has 0 aliphatic carbocycles. The van der Waals surface area contributed by atoms with E-state index in [4.69, 9.17) is 5.11 Å². The minimum absolute atomic E-state index is 0.0157. The van der Waals surface area contributed by atoms with E-state index in [9.17, 15) is 4.79 Å². The Kier molecular flexibility index (Phi) is 2.05. The topological polar surface area (TPSA) is 66.0 Å². The Morgan fingerprint density at radius 3 is 3.00 bits per heavy atom. The SMILES string of the molecule is CC(=O)c1nc2cc(CO)ccc2[nH]1. The van der Waals surface area contributed by atoms with Crippen molar-refractivity contribution in [1.82, 2.24) is 9.97 Å². The summed E-state index contributed by atoms with van der Waals surface area (Å²) in [6, 6.07) is 5.36. The lowest BCUT2D eigenvalue weighted by Crippen LogP contribution is -1.93. The van der Waals surface area contributed by atoms with Gasteiger partial charge in [0.1, 0.15) is 0 Å². The molecule has 14 heavy (non-hydrogen) atoms. The Balaban J connectivity index is 2.60. The Morgan fingerprint density at radius 2 is 2.36 bits per heavy atom. The van der Waals surface area contributed by atoms with Gasteiger partial charge in [0.15, 0.2) is 11.6 Å². The molecule has 4 heteroatoms. The maximum absolute atomic E-state index is 11.0. The van der Waals surface area contributed by atoms with Gasteiger partial charge in [-0.2, -0.15) is 0 Å². The minimum Gasteiger partial charge on any atom is -0.392 e. The largest absolute Gasteiger partial charge is 0.392 e. The van der Waals surface area contributed by atoms with Crippen molar-refractivity contribution in [1.29, 1.82) is 0 Å². The molecule has 0 unspecified atom stereocenters. The summed E-state index contributed by atoms with van der Waals surface area (Å²) >= 11 is 0. The number of hydrogen-bond donors (Lipinski definition) is 2. The molecule has 2 aromatic rings. The molecule has 0 spiro atoms. The molecule has 1 aromatic carbocycles. The van der Waals surface area contributed by atoms with Crippen molar-refractivity contribution in [2.45, 2.75) is 13.5 Å². The van der Waals surface area contributed by atoms with Crippen LogP contribution in [0.5, 0.6) is 0 Å². The van der Waals surface area contributed by atoms with Crippen LogP contribution >= 0.6 is 0 Å². The summed E-state index contributed by atoms with van der Waals surface area (Å²) in [6.07, 6.45) is 0. The lowest BCUT2D eigenvalue weighted by molar-refractivity contribution is 0.100. The molecule has 0 bridgehead atoms. The number of aliphatic hydroxyl groups is 1. The van der Waals surface area contributed by atoms with Crippen LogP contribution in [-0.2, 0) is 6.61 Å². The van der Waals surface area contributed by atoms with Gasteiger partial charge < -0.3 is 10.1 Å². The van der Waals surface area contributed by atoms with Gasteiger partial charge in [0.2, 0.25) is 0 Å². The Bertz CT molecular complexity index is 488. The minimum atomic E-state index is -0.0910. The molecule has 1 aromatic heterocycles. The normalized spacial score (nSPS) is 10.7. The molecule has 2 N–H and O–H groups in total. The number of ketones is 1. The van der Waals surface area contributed by atoms with E-state index in [0.717, 1.165) is 11.1 Å².